The molecule has 112 valence electrons. The van der Waals surface area contributed by atoms with E-state index in [4.69, 9.17) is 11.6 Å². The Morgan fingerprint density at radius 3 is 2.60 bits per heavy atom. The first kappa shape index (κ1) is 15.8. The van der Waals surface area contributed by atoms with Crippen molar-refractivity contribution in [1.29, 1.82) is 0 Å². The Morgan fingerprint density at radius 2 is 2.05 bits per heavy atom. The summed E-state index contributed by atoms with van der Waals surface area (Å²) in [6, 6.07) is 7.19. The number of hydrogen-bond acceptors (Lipinski definition) is 3. The van der Waals surface area contributed by atoms with Crippen LogP contribution in [0.25, 0.3) is 0 Å². The molecule has 1 saturated heterocycles. The average Bonchev–Trinajstić information content (AvgIpc) is 2.90. The summed E-state index contributed by atoms with van der Waals surface area (Å²) >= 11 is 5.86. The van der Waals surface area contributed by atoms with Crippen molar-refractivity contribution >= 4 is 21.6 Å². The smallest absolute Gasteiger partial charge is 0.215 e. The molecule has 1 aliphatic heterocycles. The predicted octanol–water partition coefficient (Wildman–Crippen LogP) is 2.41. The molecular formula is C14H21ClN2O2S. The lowest BCUT2D eigenvalue weighted by Crippen LogP contribution is -2.38. The SMILES string of the molecule is CC(c1ccc(Cl)cc1)N(C)S(=O)(=O)CC1CCCN1. The monoisotopic (exact) mass is 316 g/mol. The minimum Gasteiger partial charge on any atom is -0.313 e. The lowest BCUT2D eigenvalue weighted by atomic mass is 10.1. The van der Waals surface area contributed by atoms with Crippen LogP contribution in [0.2, 0.25) is 5.02 Å². The van der Waals surface area contributed by atoms with Crippen molar-refractivity contribution in [2.75, 3.05) is 19.3 Å². The van der Waals surface area contributed by atoms with Gasteiger partial charge in [-0.2, -0.15) is 4.31 Å². The van der Waals surface area contributed by atoms with Crippen LogP contribution in [0.3, 0.4) is 0 Å². The summed E-state index contributed by atoms with van der Waals surface area (Å²) in [6.45, 7) is 2.81. The molecule has 0 bridgehead atoms. The molecule has 0 aliphatic carbocycles. The van der Waals surface area contributed by atoms with Crippen LogP contribution in [-0.2, 0) is 10.0 Å². The Hall–Kier alpha value is -0.620. The number of nitrogens with one attached hydrogen (secondary N) is 1. The third kappa shape index (κ3) is 3.73. The van der Waals surface area contributed by atoms with E-state index in [1.54, 1.807) is 19.2 Å². The van der Waals surface area contributed by atoms with Crippen molar-refractivity contribution in [2.45, 2.75) is 31.8 Å². The van der Waals surface area contributed by atoms with E-state index in [2.05, 4.69) is 5.32 Å². The second-order valence-corrected chi connectivity index (χ2v) is 7.83. The molecule has 1 heterocycles. The topological polar surface area (TPSA) is 49.4 Å². The summed E-state index contributed by atoms with van der Waals surface area (Å²) in [5.74, 6) is 0.168. The highest BCUT2D eigenvalue weighted by Gasteiger charge is 2.28. The Labute approximate surface area is 126 Å². The molecule has 0 spiro atoms. The second-order valence-electron chi connectivity index (χ2n) is 5.32. The zero-order valence-electron chi connectivity index (χ0n) is 11.8. The molecule has 0 radical (unpaired) electrons. The molecule has 20 heavy (non-hydrogen) atoms. The molecule has 2 unspecified atom stereocenters. The lowest BCUT2D eigenvalue weighted by molar-refractivity contribution is 0.395. The van der Waals surface area contributed by atoms with E-state index in [0.717, 1.165) is 24.9 Å². The van der Waals surface area contributed by atoms with Gasteiger partial charge >= 0.3 is 0 Å². The largest absolute Gasteiger partial charge is 0.313 e. The molecule has 2 atom stereocenters. The van der Waals surface area contributed by atoms with Crippen LogP contribution in [0.15, 0.2) is 24.3 Å². The van der Waals surface area contributed by atoms with Gasteiger partial charge in [-0.15, -0.1) is 0 Å². The van der Waals surface area contributed by atoms with Crippen LogP contribution in [0.5, 0.6) is 0 Å². The zero-order valence-corrected chi connectivity index (χ0v) is 13.4. The Kier molecular flexibility index (Phi) is 5.07. The molecule has 1 aromatic rings. The molecule has 1 N–H and O–H groups in total. The number of nitrogens with zero attached hydrogens (tertiary/aromatic N) is 1. The maximum absolute atomic E-state index is 12.4. The quantitative estimate of drug-likeness (QED) is 0.907. The van der Waals surface area contributed by atoms with Crippen molar-refractivity contribution in [2.24, 2.45) is 0 Å². The maximum Gasteiger partial charge on any atom is 0.215 e. The van der Waals surface area contributed by atoms with E-state index in [9.17, 15) is 8.42 Å². The number of rotatable bonds is 5. The number of halogens is 1. The number of sulfonamides is 1. The second kappa shape index (κ2) is 6.43. The van der Waals surface area contributed by atoms with Gasteiger partial charge in [0.2, 0.25) is 10.0 Å². The molecule has 0 saturated carbocycles. The van der Waals surface area contributed by atoms with Gasteiger partial charge in [-0.3, -0.25) is 0 Å². The standard InChI is InChI=1S/C14H21ClN2O2S/c1-11(12-5-7-13(15)8-6-12)17(2)20(18,19)10-14-4-3-9-16-14/h5-8,11,14,16H,3-4,9-10H2,1-2H3. The fraction of sp³-hybridized carbons (Fsp3) is 0.571. The average molecular weight is 317 g/mol. The van der Waals surface area contributed by atoms with Gasteiger partial charge in [0.15, 0.2) is 0 Å². The summed E-state index contributed by atoms with van der Waals surface area (Å²) < 4.78 is 26.3. The highest BCUT2D eigenvalue weighted by Crippen LogP contribution is 2.24. The van der Waals surface area contributed by atoms with E-state index in [0.29, 0.717) is 5.02 Å². The van der Waals surface area contributed by atoms with E-state index >= 15 is 0 Å². The summed E-state index contributed by atoms with van der Waals surface area (Å²) in [5.41, 5.74) is 0.944. The molecule has 0 aromatic heterocycles. The molecule has 2 rings (SSSR count). The fourth-order valence-electron chi connectivity index (χ4n) is 2.46. The Morgan fingerprint density at radius 1 is 1.40 bits per heavy atom. The third-order valence-electron chi connectivity index (χ3n) is 3.91. The van der Waals surface area contributed by atoms with Crippen LogP contribution in [0.4, 0.5) is 0 Å². The van der Waals surface area contributed by atoms with Crippen molar-refractivity contribution < 1.29 is 8.42 Å². The van der Waals surface area contributed by atoms with Crippen LogP contribution < -0.4 is 5.32 Å². The van der Waals surface area contributed by atoms with Crippen molar-refractivity contribution in [3.63, 3.8) is 0 Å². The van der Waals surface area contributed by atoms with Crippen molar-refractivity contribution in [3.05, 3.63) is 34.9 Å². The highest BCUT2D eigenvalue weighted by atomic mass is 35.5. The highest BCUT2D eigenvalue weighted by molar-refractivity contribution is 7.89. The summed E-state index contributed by atoms with van der Waals surface area (Å²) in [4.78, 5) is 0. The zero-order chi connectivity index (χ0) is 14.8. The summed E-state index contributed by atoms with van der Waals surface area (Å²) in [6.07, 6.45) is 1.99. The molecule has 1 fully saturated rings. The van der Waals surface area contributed by atoms with Crippen LogP contribution >= 0.6 is 11.6 Å². The van der Waals surface area contributed by atoms with E-state index in [1.807, 2.05) is 19.1 Å². The molecule has 1 aromatic carbocycles. The van der Waals surface area contributed by atoms with E-state index in [-0.39, 0.29) is 17.8 Å². The fourth-order valence-corrected chi connectivity index (χ4v) is 4.22. The summed E-state index contributed by atoms with van der Waals surface area (Å²) in [5, 5.41) is 3.88. The van der Waals surface area contributed by atoms with Crippen LogP contribution in [-0.4, -0.2) is 38.1 Å². The van der Waals surface area contributed by atoms with Gasteiger partial charge in [-0.05, 0) is 44.0 Å². The van der Waals surface area contributed by atoms with E-state index in [1.165, 1.54) is 4.31 Å². The van der Waals surface area contributed by atoms with Gasteiger partial charge in [-0.25, -0.2) is 8.42 Å². The van der Waals surface area contributed by atoms with Crippen LogP contribution in [0.1, 0.15) is 31.4 Å². The molecular weight excluding hydrogens is 296 g/mol. The van der Waals surface area contributed by atoms with Gasteiger partial charge in [0.1, 0.15) is 0 Å². The lowest BCUT2D eigenvalue weighted by Gasteiger charge is -2.26. The van der Waals surface area contributed by atoms with Gasteiger partial charge in [-0.1, -0.05) is 23.7 Å². The molecule has 4 nitrogen and oxygen atoms in total. The third-order valence-corrected chi connectivity index (χ3v) is 6.18. The predicted molar refractivity (Wildman–Crippen MR) is 82.4 cm³/mol. The minimum absolute atomic E-state index is 0.0832. The van der Waals surface area contributed by atoms with Gasteiger partial charge in [0, 0.05) is 24.2 Å². The van der Waals surface area contributed by atoms with Gasteiger partial charge in [0.25, 0.3) is 0 Å². The van der Waals surface area contributed by atoms with Gasteiger partial charge < -0.3 is 5.32 Å². The van der Waals surface area contributed by atoms with Crippen molar-refractivity contribution in [1.82, 2.24) is 9.62 Å². The van der Waals surface area contributed by atoms with Gasteiger partial charge in [0.05, 0.1) is 5.75 Å². The first-order valence-electron chi connectivity index (χ1n) is 6.85. The molecule has 1 aliphatic rings. The van der Waals surface area contributed by atoms with Crippen molar-refractivity contribution in [3.8, 4) is 0 Å². The first-order valence-corrected chi connectivity index (χ1v) is 8.83. The Balaban J connectivity index is 2.08. The minimum atomic E-state index is -3.26. The molecule has 0 amide bonds. The molecule has 6 heteroatoms. The summed E-state index contributed by atoms with van der Waals surface area (Å²) in [7, 11) is -1.62. The Bertz CT molecular complexity index is 539. The maximum atomic E-state index is 12.4. The normalized spacial score (nSPS) is 21.3. The first-order chi connectivity index (χ1) is 9.40. The number of hydrogen-bond donors (Lipinski definition) is 1. The van der Waals surface area contributed by atoms with E-state index < -0.39 is 10.0 Å². The number of benzene rings is 1. The van der Waals surface area contributed by atoms with Crippen LogP contribution in [0, 0.1) is 0 Å².